The van der Waals surface area contributed by atoms with Crippen molar-refractivity contribution in [2.24, 2.45) is 11.8 Å². The van der Waals surface area contributed by atoms with Crippen molar-refractivity contribution in [3.8, 4) is 0 Å². The van der Waals surface area contributed by atoms with Gasteiger partial charge in [0.2, 0.25) is 0 Å². The monoisotopic (exact) mass is 186 g/mol. The fourth-order valence-corrected chi connectivity index (χ4v) is 2.21. The van der Waals surface area contributed by atoms with Gasteiger partial charge in [-0.25, -0.2) is 0 Å². The lowest BCUT2D eigenvalue weighted by Gasteiger charge is -2.26. The van der Waals surface area contributed by atoms with Crippen LogP contribution < -0.4 is 0 Å². The summed E-state index contributed by atoms with van der Waals surface area (Å²) in [5.41, 5.74) is 0. The molecule has 1 aliphatic carbocycles. The average Bonchev–Trinajstić information content (AvgIpc) is 2.08. The molecule has 0 unspecified atom stereocenters. The topological polar surface area (TPSA) is 40.5 Å². The van der Waals surface area contributed by atoms with Crippen molar-refractivity contribution in [2.75, 3.05) is 0 Å². The molecule has 1 saturated carbocycles. The van der Waals surface area contributed by atoms with Crippen LogP contribution in [0.3, 0.4) is 0 Å². The standard InChI is InChI=1S/C11H22O2/c1-9-5-7-10(8-6-9)3-2-4-11(12)13/h9-13H,2-8H2,1H3. The molecule has 1 rings (SSSR count). The first kappa shape index (κ1) is 11.0. The van der Waals surface area contributed by atoms with E-state index in [1.54, 1.807) is 0 Å². The lowest BCUT2D eigenvalue weighted by atomic mass is 9.81. The van der Waals surface area contributed by atoms with Crippen LogP contribution in [0.2, 0.25) is 0 Å². The molecule has 0 heterocycles. The molecule has 78 valence electrons. The minimum absolute atomic E-state index is 0.548. The van der Waals surface area contributed by atoms with Crippen molar-refractivity contribution in [3.05, 3.63) is 0 Å². The SMILES string of the molecule is CC1CCC(CCCC(O)O)CC1. The van der Waals surface area contributed by atoms with Crippen molar-refractivity contribution in [1.29, 1.82) is 0 Å². The fourth-order valence-electron chi connectivity index (χ4n) is 2.21. The van der Waals surface area contributed by atoms with Gasteiger partial charge in [0, 0.05) is 0 Å². The predicted octanol–water partition coefficient (Wildman–Crippen LogP) is 2.29. The van der Waals surface area contributed by atoms with E-state index in [2.05, 4.69) is 6.92 Å². The molecule has 0 aromatic carbocycles. The van der Waals surface area contributed by atoms with Gasteiger partial charge in [-0.2, -0.15) is 0 Å². The smallest absolute Gasteiger partial charge is 0.151 e. The maximum absolute atomic E-state index is 8.68. The number of aliphatic hydroxyl groups excluding tert-OH is 1. The summed E-state index contributed by atoms with van der Waals surface area (Å²) in [5, 5.41) is 17.4. The van der Waals surface area contributed by atoms with Crippen molar-refractivity contribution in [1.82, 2.24) is 0 Å². The highest BCUT2D eigenvalue weighted by Crippen LogP contribution is 2.31. The van der Waals surface area contributed by atoms with Gasteiger partial charge < -0.3 is 10.2 Å². The van der Waals surface area contributed by atoms with E-state index in [4.69, 9.17) is 10.2 Å². The van der Waals surface area contributed by atoms with Gasteiger partial charge in [-0.05, 0) is 24.7 Å². The minimum atomic E-state index is -1.09. The normalized spacial score (nSPS) is 29.5. The van der Waals surface area contributed by atoms with Crippen LogP contribution in [0.15, 0.2) is 0 Å². The number of aliphatic hydroxyl groups is 2. The van der Waals surface area contributed by atoms with E-state index in [-0.39, 0.29) is 0 Å². The van der Waals surface area contributed by atoms with E-state index in [1.165, 1.54) is 32.1 Å². The van der Waals surface area contributed by atoms with Gasteiger partial charge in [0.1, 0.15) is 0 Å². The molecular weight excluding hydrogens is 164 g/mol. The Morgan fingerprint density at radius 3 is 2.31 bits per heavy atom. The molecular formula is C11H22O2. The first-order valence-corrected chi connectivity index (χ1v) is 5.54. The van der Waals surface area contributed by atoms with E-state index in [0.717, 1.165) is 18.3 Å². The van der Waals surface area contributed by atoms with Crippen LogP contribution in [0.25, 0.3) is 0 Å². The maximum atomic E-state index is 8.68. The summed E-state index contributed by atoms with van der Waals surface area (Å²) in [5.74, 6) is 1.77. The zero-order chi connectivity index (χ0) is 9.68. The molecule has 0 aromatic rings. The summed E-state index contributed by atoms with van der Waals surface area (Å²) in [7, 11) is 0. The van der Waals surface area contributed by atoms with Gasteiger partial charge in [-0.15, -0.1) is 0 Å². The maximum Gasteiger partial charge on any atom is 0.151 e. The summed E-state index contributed by atoms with van der Waals surface area (Å²) in [6.07, 6.45) is 7.04. The van der Waals surface area contributed by atoms with Crippen LogP contribution in [0, 0.1) is 11.8 Å². The lowest BCUT2D eigenvalue weighted by molar-refractivity contribution is -0.0473. The predicted molar refractivity (Wildman–Crippen MR) is 53.2 cm³/mol. The van der Waals surface area contributed by atoms with Crippen LogP contribution >= 0.6 is 0 Å². The first-order valence-electron chi connectivity index (χ1n) is 5.54. The van der Waals surface area contributed by atoms with Crippen LogP contribution in [-0.2, 0) is 0 Å². The van der Waals surface area contributed by atoms with Gasteiger partial charge in [0.15, 0.2) is 6.29 Å². The van der Waals surface area contributed by atoms with Crippen LogP contribution in [-0.4, -0.2) is 16.5 Å². The molecule has 0 radical (unpaired) electrons. The van der Waals surface area contributed by atoms with Crippen LogP contribution in [0.5, 0.6) is 0 Å². The van der Waals surface area contributed by atoms with E-state index >= 15 is 0 Å². The third-order valence-electron chi connectivity index (χ3n) is 3.21. The number of hydrogen-bond acceptors (Lipinski definition) is 2. The Morgan fingerprint density at radius 2 is 1.77 bits per heavy atom. The molecule has 2 heteroatoms. The van der Waals surface area contributed by atoms with Crippen molar-refractivity contribution < 1.29 is 10.2 Å². The largest absolute Gasteiger partial charge is 0.368 e. The molecule has 1 aliphatic rings. The Morgan fingerprint density at radius 1 is 1.15 bits per heavy atom. The van der Waals surface area contributed by atoms with Gasteiger partial charge in [-0.3, -0.25) is 0 Å². The second kappa shape index (κ2) is 5.61. The molecule has 13 heavy (non-hydrogen) atoms. The zero-order valence-electron chi connectivity index (χ0n) is 8.58. The molecule has 0 atom stereocenters. The summed E-state index contributed by atoms with van der Waals surface area (Å²) in [4.78, 5) is 0. The quantitative estimate of drug-likeness (QED) is 0.661. The second-order valence-electron chi connectivity index (χ2n) is 4.54. The Kier molecular flexibility index (Phi) is 4.74. The van der Waals surface area contributed by atoms with Gasteiger partial charge in [-0.1, -0.05) is 39.0 Å². The highest BCUT2D eigenvalue weighted by atomic mass is 16.5. The van der Waals surface area contributed by atoms with Gasteiger partial charge >= 0.3 is 0 Å². The molecule has 0 aliphatic heterocycles. The minimum Gasteiger partial charge on any atom is -0.368 e. The molecule has 0 spiro atoms. The molecule has 0 aromatic heterocycles. The second-order valence-corrected chi connectivity index (χ2v) is 4.54. The first-order chi connectivity index (χ1) is 6.18. The third-order valence-corrected chi connectivity index (χ3v) is 3.21. The molecule has 2 N–H and O–H groups in total. The Bertz CT molecular complexity index is 126. The summed E-state index contributed by atoms with van der Waals surface area (Å²) >= 11 is 0. The van der Waals surface area contributed by atoms with Crippen molar-refractivity contribution >= 4 is 0 Å². The third kappa shape index (κ3) is 4.63. The average molecular weight is 186 g/mol. The van der Waals surface area contributed by atoms with Gasteiger partial charge in [0.25, 0.3) is 0 Å². The molecule has 0 bridgehead atoms. The molecule has 2 nitrogen and oxygen atoms in total. The Balaban J connectivity index is 2.02. The van der Waals surface area contributed by atoms with Crippen LogP contribution in [0.4, 0.5) is 0 Å². The molecule has 0 saturated heterocycles. The van der Waals surface area contributed by atoms with Gasteiger partial charge in [0.05, 0.1) is 0 Å². The Hall–Kier alpha value is -0.0800. The molecule has 1 fully saturated rings. The zero-order valence-corrected chi connectivity index (χ0v) is 8.58. The van der Waals surface area contributed by atoms with E-state index in [9.17, 15) is 0 Å². The summed E-state index contributed by atoms with van der Waals surface area (Å²) in [6.45, 7) is 2.33. The number of rotatable bonds is 4. The van der Waals surface area contributed by atoms with E-state index < -0.39 is 6.29 Å². The molecule has 0 amide bonds. The lowest BCUT2D eigenvalue weighted by Crippen LogP contribution is -2.13. The van der Waals surface area contributed by atoms with Crippen LogP contribution in [0.1, 0.15) is 51.9 Å². The van der Waals surface area contributed by atoms with E-state index in [1.807, 2.05) is 0 Å². The highest BCUT2D eigenvalue weighted by Gasteiger charge is 2.17. The van der Waals surface area contributed by atoms with Crippen molar-refractivity contribution in [2.45, 2.75) is 58.2 Å². The number of hydrogen-bond donors (Lipinski definition) is 2. The van der Waals surface area contributed by atoms with Crippen molar-refractivity contribution in [3.63, 3.8) is 0 Å². The highest BCUT2D eigenvalue weighted by molar-refractivity contribution is 4.69. The fraction of sp³-hybridized carbons (Fsp3) is 1.00. The van der Waals surface area contributed by atoms with E-state index in [0.29, 0.717) is 6.42 Å². The Labute approximate surface area is 81.0 Å². The summed E-state index contributed by atoms with van der Waals surface area (Å²) in [6, 6.07) is 0. The summed E-state index contributed by atoms with van der Waals surface area (Å²) < 4.78 is 0.